The van der Waals surface area contributed by atoms with Gasteiger partial charge in [0.2, 0.25) is 0 Å². The number of hydrogen-bond acceptors (Lipinski definition) is 1. The second-order valence-electron chi connectivity index (χ2n) is 2.30. The number of halogens is 2. The average molecular weight is 329 g/mol. The Morgan fingerprint density at radius 2 is 1.92 bits per heavy atom. The van der Waals surface area contributed by atoms with Gasteiger partial charge in [-0.2, -0.15) is 4.11 Å². The Kier molecular flexibility index (Phi) is 3.94. The molecule has 72 valence electrons. The van der Waals surface area contributed by atoms with Gasteiger partial charge < -0.3 is 0 Å². The Balaban J connectivity index is 2.92. The van der Waals surface area contributed by atoms with Crippen molar-refractivity contribution in [1.82, 2.24) is 4.11 Å². The number of hydrogen-bond donors (Lipinski definition) is 2. The molecular formula is C6H8Br2N3OP. The van der Waals surface area contributed by atoms with Crippen molar-refractivity contribution in [1.29, 1.82) is 0 Å². The molecule has 0 aliphatic carbocycles. The minimum Gasteiger partial charge on any atom is -0.262 e. The minimum absolute atomic E-state index is 0.722. The Morgan fingerprint density at radius 1 is 1.38 bits per heavy atom. The molecule has 0 saturated carbocycles. The highest BCUT2D eigenvalue weighted by atomic mass is 79.9. The fraction of sp³-hybridized carbons (Fsp3) is 0. The number of para-hydroxylation sites is 1. The molecule has 7 heteroatoms. The third-order valence-electron chi connectivity index (χ3n) is 1.35. The van der Waals surface area contributed by atoms with Gasteiger partial charge in [0, 0.05) is 16.1 Å². The van der Waals surface area contributed by atoms with Crippen LogP contribution >= 0.6 is 39.9 Å². The standard InChI is InChI=1S/C6H8Br2N3OP/c7-10-13(9,12)11(8)6-4-2-1-3-5-6/h1-5H,(H3,9,10,12). The van der Waals surface area contributed by atoms with Gasteiger partial charge in [-0.15, -0.1) is 0 Å². The van der Waals surface area contributed by atoms with Crippen LogP contribution in [0.15, 0.2) is 30.3 Å². The van der Waals surface area contributed by atoms with Crippen LogP contribution in [0, 0.1) is 0 Å². The smallest absolute Gasteiger partial charge is 0.262 e. The maximum absolute atomic E-state index is 11.6. The molecule has 0 radical (unpaired) electrons. The minimum atomic E-state index is -3.07. The van der Waals surface area contributed by atoms with Crippen LogP contribution in [-0.2, 0) is 4.57 Å². The number of benzene rings is 1. The van der Waals surface area contributed by atoms with Gasteiger partial charge in [-0.3, -0.25) is 10.1 Å². The molecule has 1 aromatic rings. The van der Waals surface area contributed by atoms with Crippen molar-refractivity contribution in [2.24, 2.45) is 5.50 Å². The molecule has 1 atom stereocenters. The monoisotopic (exact) mass is 327 g/mol. The molecular weight excluding hydrogens is 321 g/mol. The van der Waals surface area contributed by atoms with Crippen LogP contribution in [0.3, 0.4) is 0 Å². The van der Waals surface area contributed by atoms with Crippen molar-refractivity contribution in [3.63, 3.8) is 0 Å². The second kappa shape index (κ2) is 4.57. The van der Waals surface area contributed by atoms with Crippen LogP contribution in [0.2, 0.25) is 0 Å². The van der Waals surface area contributed by atoms with E-state index in [4.69, 9.17) is 5.50 Å². The number of anilines is 1. The summed E-state index contributed by atoms with van der Waals surface area (Å²) in [5.41, 5.74) is 6.19. The second-order valence-corrected chi connectivity index (χ2v) is 6.44. The van der Waals surface area contributed by atoms with Crippen LogP contribution in [0.1, 0.15) is 0 Å². The van der Waals surface area contributed by atoms with E-state index in [0.29, 0.717) is 0 Å². The molecule has 4 nitrogen and oxygen atoms in total. The van der Waals surface area contributed by atoms with E-state index in [2.05, 4.69) is 36.4 Å². The van der Waals surface area contributed by atoms with Gasteiger partial charge in [0.15, 0.2) is 0 Å². The average Bonchev–Trinajstić information content (AvgIpc) is 2.18. The highest BCUT2D eigenvalue weighted by molar-refractivity contribution is 9.12. The summed E-state index contributed by atoms with van der Waals surface area (Å²) in [4.78, 5) is 0. The van der Waals surface area contributed by atoms with Gasteiger partial charge in [0.1, 0.15) is 0 Å². The summed E-state index contributed by atoms with van der Waals surface area (Å²) >= 11 is 5.98. The molecule has 0 bridgehead atoms. The summed E-state index contributed by atoms with van der Waals surface area (Å²) in [7, 11) is -3.07. The van der Waals surface area contributed by atoms with Gasteiger partial charge in [0.25, 0.3) is 0 Å². The highest BCUT2D eigenvalue weighted by Crippen LogP contribution is 2.44. The summed E-state index contributed by atoms with van der Waals surface area (Å²) in [6.45, 7) is 0. The molecule has 0 fully saturated rings. The maximum atomic E-state index is 11.6. The van der Waals surface area contributed by atoms with Crippen molar-refractivity contribution >= 4 is 45.6 Å². The van der Waals surface area contributed by atoms with Gasteiger partial charge in [-0.1, -0.05) is 18.2 Å². The van der Waals surface area contributed by atoms with Crippen molar-refractivity contribution in [2.45, 2.75) is 0 Å². The zero-order chi connectivity index (χ0) is 9.90. The SMILES string of the molecule is NP(=O)(NBr)N(Br)c1ccccc1. The van der Waals surface area contributed by atoms with E-state index < -0.39 is 7.59 Å². The lowest BCUT2D eigenvalue weighted by atomic mass is 10.3. The largest absolute Gasteiger partial charge is 0.322 e. The highest BCUT2D eigenvalue weighted by Gasteiger charge is 2.22. The van der Waals surface area contributed by atoms with Gasteiger partial charge in [-0.25, -0.2) is 3.70 Å². The van der Waals surface area contributed by atoms with Crippen molar-refractivity contribution in [3.05, 3.63) is 30.3 Å². The Bertz CT molecular complexity index is 321. The number of nitrogens with two attached hydrogens (primary N) is 1. The van der Waals surface area contributed by atoms with E-state index in [-0.39, 0.29) is 0 Å². The molecule has 0 heterocycles. The van der Waals surface area contributed by atoms with Crippen LogP contribution in [0.4, 0.5) is 5.69 Å². The Labute approximate surface area is 93.7 Å². The van der Waals surface area contributed by atoms with Crippen LogP contribution in [0.25, 0.3) is 0 Å². The molecule has 0 aromatic heterocycles. The van der Waals surface area contributed by atoms with Crippen LogP contribution < -0.4 is 13.3 Å². The lowest BCUT2D eigenvalue weighted by Gasteiger charge is -2.21. The molecule has 1 rings (SSSR count). The zero-order valence-corrected chi connectivity index (χ0v) is 10.6. The lowest BCUT2D eigenvalue weighted by Crippen LogP contribution is -2.19. The number of rotatable bonds is 3. The zero-order valence-electron chi connectivity index (χ0n) is 6.52. The summed E-state index contributed by atoms with van der Waals surface area (Å²) in [5, 5.41) is 0. The normalized spacial score (nSPS) is 15.0. The first-order valence-electron chi connectivity index (χ1n) is 3.36. The summed E-state index contributed by atoms with van der Waals surface area (Å²) in [6, 6.07) is 9.11. The maximum Gasteiger partial charge on any atom is 0.322 e. The predicted octanol–water partition coefficient (Wildman–Crippen LogP) is 2.77. The van der Waals surface area contributed by atoms with Crippen molar-refractivity contribution in [3.8, 4) is 0 Å². The van der Waals surface area contributed by atoms with Crippen LogP contribution in [0.5, 0.6) is 0 Å². The van der Waals surface area contributed by atoms with E-state index in [9.17, 15) is 4.57 Å². The first-order valence-corrected chi connectivity index (χ1v) is 6.59. The summed E-state index contributed by atoms with van der Waals surface area (Å²) in [5.74, 6) is 0. The summed E-state index contributed by atoms with van der Waals surface area (Å²) < 4.78 is 15.3. The van der Waals surface area contributed by atoms with Gasteiger partial charge >= 0.3 is 7.59 Å². The fourth-order valence-corrected chi connectivity index (χ4v) is 2.89. The molecule has 13 heavy (non-hydrogen) atoms. The van der Waals surface area contributed by atoms with Gasteiger partial charge in [-0.05, 0) is 12.1 Å². The van der Waals surface area contributed by atoms with Crippen LogP contribution in [-0.4, -0.2) is 0 Å². The Hall–Kier alpha value is 0.130. The quantitative estimate of drug-likeness (QED) is 0.661. The van der Waals surface area contributed by atoms with E-state index in [1.54, 1.807) is 12.1 Å². The Morgan fingerprint density at radius 3 is 2.38 bits per heavy atom. The van der Waals surface area contributed by atoms with E-state index in [1.807, 2.05) is 18.2 Å². The first-order chi connectivity index (χ1) is 6.08. The molecule has 1 aromatic carbocycles. The first kappa shape index (κ1) is 11.2. The van der Waals surface area contributed by atoms with Gasteiger partial charge in [0.05, 0.1) is 21.8 Å². The molecule has 0 aliphatic rings. The molecule has 0 aliphatic heterocycles. The molecule has 3 N–H and O–H groups in total. The van der Waals surface area contributed by atoms with Crippen molar-refractivity contribution in [2.75, 3.05) is 3.70 Å². The third-order valence-corrected chi connectivity index (χ3v) is 5.69. The summed E-state index contributed by atoms with van der Waals surface area (Å²) in [6.07, 6.45) is 0. The fourth-order valence-electron chi connectivity index (χ4n) is 0.756. The molecule has 0 saturated heterocycles. The van der Waals surface area contributed by atoms with E-state index in [1.165, 1.54) is 3.70 Å². The third kappa shape index (κ3) is 2.79. The topological polar surface area (TPSA) is 58.4 Å². The van der Waals surface area contributed by atoms with E-state index in [0.717, 1.165) is 5.69 Å². The number of nitrogens with one attached hydrogen (secondary N) is 1. The molecule has 0 amide bonds. The predicted molar refractivity (Wildman–Crippen MR) is 61.7 cm³/mol. The molecule has 0 spiro atoms. The number of nitrogens with zero attached hydrogens (tertiary/aromatic N) is 1. The molecule has 1 unspecified atom stereocenters. The van der Waals surface area contributed by atoms with E-state index >= 15 is 0 Å². The van der Waals surface area contributed by atoms with Crippen molar-refractivity contribution < 1.29 is 4.57 Å². The lowest BCUT2D eigenvalue weighted by molar-refractivity contribution is 0.576.